The quantitative estimate of drug-likeness (QED) is 0.766. The Morgan fingerprint density at radius 2 is 1.47 bits per heavy atom. The predicted octanol–water partition coefficient (Wildman–Crippen LogP) is 4.52. The summed E-state index contributed by atoms with van der Waals surface area (Å²) in [6, 6.07) is 10.2. The zero-order chi connectivity index (χ0) is 21.8. The van der Waals surface area contributed by atoms with Crippen molar-refractivity contribution in [3.8, 4) is 0 Å². The lowest BCUT2D eigenvalue weighted by molar-refractivity contribution is -0.121. The van der Waals surface area contributed by atoms with Crippen LogP contribution in [0.3, 0.4) is 0 Å². The standard InChI is InChI=1S/C25H33N3O2/c1-16-6-7-22(18(3)12-16)26-23(29)15-28-10-8-21(9-11-28)25(30)27-24-19(4)13-17(2)14-20(24)5/h6-7,12-14,21H,8-11,15H2,1-5H3,(H,26,29)(H,27,30). The number of likely N-dealkylation sites (tertiary alicyclic amines) is 1. The van der Waals surface area contributed by atoms with E-state index in [0.717, 1.165) is 54.0 Å². The van der Waals surface area contributed by atoms with Crippen LogP contribution in [-0.4, -0.2) is 36.3 Å². The number of rotatable bonds is 5. The maximum Gasteiger partial charge on any atom is 0.238 e. The van der Waals surface area contributed by atoms with E-state index < -0.39 is 0 Å². The Morgan fingerprint density at radius 1 is 0.867 bits per heavy atom. The average molecular weight is 408 g/mol. The number of anilines is 2. The van der Waals surface area contributed by atoms with Crippen molar-refractivity contribution in [3.63, 3.8) is 0 Å². The minimum Gasteiger partial charge on any atom is -0.325 e. The number of nitrogens with zero attached hydrogens (tertiary/aromatic N) is 1. The smallest absolute Gasteiger partial charge is 0.238 e. The zero-order valence-corrected chi connectivity index (χ0v) is 18.8. The second-order valence-electron chi connectivity index (χ2n) is 8.68. The Kier molecular flexibility index (Phi) is 6.93. The maximum atomic E-state index is 12.8. The molecule has 2 aromatic rings. The summed E-state index contributed by atoms with van der Waals surface area (Å²) in [4.78, 5) is 27.4. The van der Waals surface area contributed by atoms with Crippen LogP contribution < -0.4 is 10.6 Å². The fourth-order valence-corrected chi connectivity index (χ4v) is 4.30. The molecule has 2 N–H and O–H groups in total. The van der Waals surface area contributed by atoms with Crippen LogP contribution in [0.25, 0.3) is 0 Å². The maximum absolute atomic E-state index is 12.8. The van der Waals surface area contributed by atoms with Gasteiger partial charge in [-0.2, -0.15) is 0 Å². The van der Waals surface area contributed by atoms with E-state index in [2.05, 4.69) is 40.7 Å². The largest absolute Gasteiger partial charge is 0.325 e. The van der Waals surface area contributed by atoms with Crippen LogP contribution in [0.5, 0.6) is 0 Å². The number of aryl methyl sites for hydroxylation is 5. The molecule has 5 heteroatoms. The third-order valence-electron chi connectivity index (χ3n) is 5.91. The van der Waals surface area contributed by atoms with Gasteiger partial charge in [0.15, 0.2) is 0 Å². The summed E-state index contributed by atoms with van der Waals surface area (Å²) in [6.07, 6.45) is 1.54. The summed E-state index contributed by atoms with van der Waals surface area (Å²) in [6.45, 7) is 12.0. The lowest BCUT2D eigenvalue weighted by atomic mass is 9.95. The van der Waals surface area contributed by atoms with Gasteiger partial charge in [0.25, 0.3) is 0 Å². The van der Waals surface area contributed by atoms with Crippen LogP contribution in [0.15, 0.2) is 30.3 Å². The normalized spacial score (nSPS) is 15.1. The van der Waals surface area contributed by atoms with Gasteiger partial charge < -0.3 is 10.6 Å². The summed E-state index contributed by atoms with van der Waals surface area (Å²) in [5, 5.41) is 6.15. The highest BCUT2D eigenvalue weighted by Crippen LogP contribution is 2.25. The molecule has 2 aromatic carbocycles. The first-order chi connectivity index (χ1) is 14.2. The summed E-state index contributed by atoms with van der Waals surface area (Å²) in [5.41, 5.74) is 7.45. The topological polar surface area (TPSA) is 61.4 Å². The Balaban J connectivity index is 1.49. The van der Waals surface area contributed by atoms with Gasteiger partial charge in [-0.05, 0) is 83.3 Å². The van der Waals surface area contributed by atoms with Gasteiger partial charge in [0.05, 0.1) is 6.54 Å². The Bertz CT molecular complexity index is 920. The van der Waals surface area contributed by atoms with Crippen LogP contribution in [0, 0.1) is 40.5 Å². The van der Waals surface area contributed by atoms with Crippen molar-refractivity contribution in [1.82, 2.24) is 4.90 Å². The van der Waals surface area contributed by atoms with Crippen LogP contribution in [-0.2, 0) is 9.59 Å². The van der Waals surface area contributed by atoms with Crippen molar-refractivity contribution in [3.05, 3.63) is 58.1 Å². The molecular formula is C25H33N3O2. The summed E-state index contributed by atoms with van der Waals surface area (Å²) < 4.78 is 0. The molecule has 0 aromatic heterocycles. The van der Waals surface area contributed by atoms with E-state index in [9.17, 15) is 9.59 Å². The number of amides is 2. The highest BCUT2D eigenvalue weighted by Gasteiger charge is 2.26. The molecule has 160 valence electrons. The van der Waals surface area contributed by atoms with E-state index in [4.69, 9.17) is 0 Å². The molecule has 1 aliphatic heterocycles. The summed E-state index contributed by atoms with van der Waals surface area (Å²) >= 11 is 0. The molecule has 5 nitrogen and oxygen atoms in total. The molecule has 0 atom stereocenters. The molecule has 3 rings (SSSR count). The first-order valence-corrected chi connectivity index (χ1v) is 10.7. The average Bonchev–Trinajstić information content (AvgIpc) is 2.67. The minimum atomic E-state index is -0.0104. The molecule has 0 bridgehead atoms. The van der Waals surface area contributed by atoms with Gasteiger partial charge in [0, 0.05) is 17.3 Å². The Labute approximate surface area is 179 Å². The van der Waals surface area contributed by atoms with Crippen molar-refractivity contribution >= 4 is 23.2 Å². The molecule has 1 aliphatic rings. The molecule has 0 aliphatic carbocycles. The van der Waals surface area contributed by atoms with Gasteiger partial charge in [0.1, 0.15) is 0 Å². The van der Waals surface area contributed by atoms with E-state index in [-0.39, 0.29) is 17.7 Å². The second-order valence-corrected chi connectivity index (χ2v) is 8.68. The zero-order valence-electron chi connectivity index (χ0n) is 18.8. The molecule has 0 radical (unpaired) electrons. The van der Waals surface area contributed by atoms with Gasteiger partial charge in [-0.15, -0.1) is 0 Å². The van der Waals surface area contributed by atoms with Gasteiger partial charge in [0.2, 0.25) is 11.8 Å². The van der Waals surface area contributed by atoms with E-state index >= 15 is 0 Å². The van der Waals surface area contributed by atoms with Crippen LogP contribution >= 0.6 is 0 Å². The van der Waals surface area contributed by atoms with Crippen molar-refractivity contribution in [2.45, 2.75) is 47.5 Å². The highest BCUT2D eigenvalue weighted by molar-refractivity contribution is 5.94. The highest BCUT2D eigenvalue weighted by atomic mass is 16.2. The van der Waals surface area contributed by atoms with Gasteiger partial charge >= 0.3 is 0 Å². The van der Waals surface area contributed by atoms with Crippen LogP contribution in [0.1, 0.15) is 40.7 Å². The first kappa shape index (κ1) is 22.0. The van der Waals surface area contributed by atoms with Crippen LogP contribution in [0.2, 0.25) is 0 Å². The lowest BCUT2D eigenvalue weighted by Gasteiger charge is -2.31. The number of carbonyl (C=O) groups excluding carboxylic acids is 2. The van der Waals surface area contributed by atoms with E-state index in [1.165, 1.54) is 11.1 Å². The summed E-state index contributed by atoms with van der Waals surface area (Å²) in [7, 11) is 0. The molecule has 0 saturated carbocycles. The fourth-order valence-electron chi connectivity index (χ4n) is 4.30. The first-order valence-electron chi connectivity index (χ1n) is 10.7. The third-order valence-corrected chi connectivity index (χ3v) is 5.91. The van der Waals surface area contributed by atoms with Crippen molar-refractivity contribution in [2.75, 3.05) is 30.3 Å². The molecule has 0 unspecified atom stereocenters. The number of carbonyl (C=O) groups is 2. The number of hydrogen-bond acceptors (Lipinski definition) is 3. The molecule has 30 heavy (non-hydrogen) atoms. The third kappa shape index (κ3) is 5.48. The molecular weight excluding hydrogens is 374 g/mol. The number of hydrogen-bond donors (Lipinski definition) is 2. The van der Waals surface area contributed by atoms with Crippen molar-refractivity contribution < 1.29 is 9.59 Å². The molecule has 1 saturated heterocycles. The molecule has 1 fully saturated rings. The number of benzene rings is 2. The van der Waals surface area contributed by atoms with Crippen molar-refractivity contribution in [1.29, 1.82) is 0 Å². The van der Waals surface area contributed by atoms with E-state index in [1.54, 1.807) is 0 Å². The number of nitrogens with one attached hydrogen (secondary N) is 2. The SMILES string of the molecule is Cc1ccc(NC(=O)CN2CCC(C(=O)Nc3c(C)cc(C)cc3C)CC2)c(C)c1. The van der Waals surface area contributed by atoms with Crippen LogP contribution in [0.4, 0.5) is 11.4 Å². The fraction of sp³-hybridized carbons (Fsp3) is 0.440. The van der Waals surface area contributed by atoms with Crippen molar-refractivity contribution in [2.24, 2.45) is 5.92 Å². The Hall–Kier alpha value is -2.66. The second kappa shape index (κ2) is 9.43. The van der Waals surface area contributed by atoms with E-state index in [0.29, 0.717) is 6.54 Å². The lowest BCUT2D eigenvalue weighted by Crippen LogP contribution is -2.41. The molecule has 0 spiro atoms. The molecule has 2 amide bonds. The minimum absolute atomic E-state index is 0.00393. The van der Waals surface area contributed by atoms with Gasteiger partial charge in [-0.1, -0.05) is 35.4 Å². The summed E-state index contributed by atoms with van der Waals surface area (Å²) in [5.74, 6) is 0.0731. The van der Waals surface area contributed by atoms with Gasteiger partial charge in [-0.3, -0.25) is 14.5 Å². The van der Waals surface area contributed by atoms with E-state index in [1.807, 2.05) is 39.8 Å². The molecule has 1 heterocycles. The number of piperidine rings is 1. The monoisotopic (exact) mass is 407 g/mol. The van der Waals surface area contributed by atoms with Gasteiger partial charge in [-0.25, -0.2) is 0 Å². The Morgan fingerprint density at radius 3 is 2.07 bits per heavy atom. The predicted molar refractivity (Wildman–Crippen MR) is 123 cm³/mol.